The smallest absolute Gasteiger partial charge is 0.272 e. The second-order valence-corrected chi connectivity index (χ2v) is 4.65. The lowest BCUT2D eigenvalue weighted by Crippen LogP contribution is -2.33. The molecule has 1 aromatic carbocycles. The number of rotatable bonds is 6. The third-order valence-corrected chi connectivity index (χ3v) is 3.37. The van der Waals surface area contributed by atoms with Crippen LogP contribution in [0.1, 0.15) is 25.0 Å². The molecular formula is C13H20N2O3. The number of hydrogen-bond acceptors (Lipinski definition) is 4. The summed E-state index contributed by atoms with van der Waals surface area (Å²) in [6, 6.07) is 5.25. The molecule has 0 aromatic heterocycles. The summed E-state index contributed by atoms with van der Waals surface area (Å²) in [5.74, 6) is 0.156. The van der Waals surface area contributed by atoms with Gasteiger partial charge in [0.05, 0.1) is 4.92 Å². The molecule has 100 valence electrons. The molecule has 0 saturated heterocycles. The maximum Gasteiger partial charge on any atom is 0.272 e. The molecule has 0 heterocycles. The van der Waals surface area contributed by atoms with Crippen molar-refractivity contribution in [3.05, 3.63) is 39.4 Å². The Morgan fingerprint density at radius 3 is 2.67 bits per heavy atom. The van der Waals surface area contributed by atoms with Crippen molar-refractivity contribution in [3.8, 4) is 0 Å². The molecule has 5 nitrogen and oxygen atoms in total. The number of nitrogens with one attached hydrogen (secondary N) is 1. The zero-order valence-electron chi connectivity index (χ0n) is 11.0. The summed E-state index contributed by atoms with van der Waals surface area (Å²) >= 11 is 0. The van der Waals surface area contributed by atoms with Gasteiger partial charge < -0.3 is 10.4 Å². The summed E-state index contributed by atoms with van der Waals surface area (Å²) in [5.41, 5.74) is 1.76. The van der Waals surface area contributed by atoms with Crippen molar-refractivity contribution in [1.29, 1.82) is 0 Å². The van der Waals surface area contributed by atoms with Gasteiger partial charge in [-0.05, 0) is 25.3 Å². The Morgan fingerprint density at radius 2 is 2.11 bits per heavy atom. The number of hydrogen-bond donors (Lipinski definition) is 2. The molecule has 2 atom stereocenters. The van der Waals surface area contributed by atoms with E-state index in [4.69, 9.17) is 5.11 Å². The molecule has 1 rings (SSSR count). The van der Waals surface area contributed by atoms with Gasteiger partial charge in [-0.25, -0.2) is 0 Å². The van der Waals surface area contributed by atoms with E-state index in [0.29, 0.717) is 12.1 Å². The van der Waals surface area contributed by atoms with E-state index in [0.717, 1.165) is 5.56 Å². The van der Waals surface area contributed by atoms with E-state index >= 15 is 0 Å². The summed E-state index contributed by atoms with van der Waals surface area (Å²) < 4.78 is 0. The first-order valence-corrected chi connectivity index (χ1v) is 6.04. The molecular weight excluding hydrogens is 232 g/mol. The molecule has 2 unspecified atom stereocenters. The predicted molar refractivity (Wildman–Crippen MR) is 70.4 cm³/mol. The van der Waals surface area contributed by atoms with Crippen molar-refractivity contribution in [2.24, 2.45) is 5.92 Å². The molecule has 0 fully saturated rings. The van der Waals surface area contributed by atoms with Crippen LogP contribution in [0, 0.1) is 23.0 Å². The van der Waals surface area contributed by atoms with E-state index < -0.39 is 0 Å². The molecule has 0 aliphatic heterocycles. The summed E-state index contributed by atoms with van der Waals surface area (Å²) in [6.07, 6.45) is 0. The van der Waals surface area contributed by atoms with Gasteiger partial charge in [0, 0.05) is 30.8 Å². The van der Waals surface area contributed by atoms with Gasteiger partial charge in [-0.1, -0.05) is 19.1 Å². The molecule has 2 N–H and O–H groups in total. The Balaban J connectivity index is 2.74. The normalized spacial score (nSPS) is 14.2. The van der Waals surface area contributed by atoms with E-state index in [1.165, 1.54) is 6.07 Å². The Hall–Kier alpha value is -1.46. The van der Waals surface area contributed by atoms with Crippen LogP contribution in [0.25, 0.3) is 0 Å². The minimum Gasteiger partial charge on any atom is -0.396 e. The van der Waals surface area contributed by atoms with Crippen LogP contribution in [0.15, 0.2) is 18.2 Å². The lowest BCUT2D eigenvalue weighted by Gasteiger charge is -2.19. The maximum absolute atomic E-state index is 10.8. The summed E-state index contributed by atoms with van der Waals surface area (Å²) in [6.45, 7) is 6.40. The van der Waals surface area contributed by atoms with Crippen LogP contribution >= 0.6 is 0 Å². The Kier molecular flexibility index (Phi) is 5.25. The SMILES string of the molecule is Cc1c(CNC(C)C(C)CO)cccc1[N+](=O)[O-]. The standard InChI is InChI=1S/C13H20N2O3/c1-9(8-16)11(3)14-7-12-5-4-6-13(10(12)2)15(17)18/h4-6,9,11,14,16H,7-8H2,1-3H3. The minimum atomic E-state index is -0.362. The Bertz CT molecular complexity index is 421. The van der Waals surface area contributed by atoms with Crippen molar-refractivity contribution in [3.63, 3.8) is 0 Å². The van der Waals surface area contributed by atoms with Gasteiger partial charge in [-0.3, -0.25) is 10.1 Å². The van der Waals surface area contributed by atoms with Crippen LogP contribution in [0.5, 0.6) is 0 Å². The van der Waals surface area contributed by atoms with Gasteiger partial charge in [0.15, 0.2) is 0 Å². The number of benzene rings is 1. The first-order chi connectivity index (χ1) is 8.47. The topological polar surface area (TPSA) is 75.4 Å². The van der Waals surface area contributed by atoms with Crippen molar-refractivity contribution < 1.29 is 10.0 Å². The first-order valence-electron chi connectivity index (χ1n) is 6.04. The molecule has 0 radical (unpaired) electrons. The van der Waals surface area contributed by atoms with Crippen molar-refractivity contribution in [1.82, 2.24) is 5.32 Å². The van der Waals surface area contributed by atoms with Crippen molar-refractivity contribution in [2.75, 3.05) is 6.61 Å². The minimum absolute atomic E-state index is 0.127. The average molecular weight is 252 g/mol. The number of aliphatic hydroxyl groups is 1. The van der Waals surface area contributed by atoms with Gasteiger partial charge in [0.25, 0.3) is 5.69 Å². The first kappa shape index (κ1) is 14.6. The number of aliphatic hydroxyl groups excluding tert-OH is 1. The maximum atomic E-state index is 10.8. The molecule has 0 aliphatic carbocycles. The Morgan fingerprint density at radius 1 is 1.44 bits per heavy atom. The van der Waals surface area contributed by atoms with Crippen LogP contribution in [0.2, 0.25) is 0 Å². The lowest BCUT2D eigenvalue weighted by atomic mass is 10.0. The summed E-state index contributed by atoms with van der Waals surface area (Å²) in [5, 5.41) is 23.1. The monoisotopic (exact) mass is 252 g/mol. The highest BCUT2D eigenvalue weighted by atomic mass is 16.6. The van der Waals surface area contributed by atoms with Gasteiger partial charge in [-0.2, -0.15) is 0 Å². The molecule has 5 heteroatoms. The zero-order chi connectivity index (χ0) is 13.7. The van der Waals surface area contributed by atoms with E-state index in [1.54, 1.807) is 13.0 Å². The molecule has 18 heavy (non-hydrogen) atoms. The highest BCUT2D eigenvalue weighted by Gasteiger charge is 2.15. The molecule has 0 saturated carbocycles. The van der Waals surface area contributed by atoms with Crippen molar-refractivity contribution in [2.45, 2.75) is 33.4 Å². The third kappa shape index (κ3) is 3.51. The Labute approximate surface area is 107 Å². The van der Waals surface area contributed by atoms with E-state index in [1.807, 2.05) is 19.9 Å². The van der Waals surface area contributed by atoms with Gasteiger partial charge in [0.2, 0.25) is 0 Å². The molecule has 0 aliphatic rings. The highest BCUT2D eigenvalue weighted by Crippen LogP contribution is 2.21. The second kappa shape index (κ2) is 6.47. The molecule has 0 amide bonds. The van der Waals surface area contributed by atoms with Crippen LogP contribution < -0.4 is 5.32 Å². The van der Waals surface area contributed by atoms with E-state index in [9.17, 15) is 10.1 Å². The van der Waals surface area contributed by atoms with Gasteiger partial charge in [-0.15, -0.1) is 0 Å². The van der Waals surface area contributed by atoms with Crippen LogP contribution in [-0.2, 0) is 6.54 Å². The predicted octanol–water partition coefficient (Wildman–Crippen LogP) is 2.01. The van der Waals surface area contributed by atoms with E-state index in [-0.39, 0.29) is 29.2 Å². The fraction of sp³-hybridized carbons (Fsp3) is 0.538. The fourth-order valence-corrected chi connectivity index (χ4v) is 1.69. The van der Waals surface area contributed by atoms with E-state index in [2.05, 4.69) is 5.32 Å². The van der Waals surface area contributed by atoms with Crippen LogP contribution in [-0.4, -0.2) is 22.7 Å². The lowest BCUT2D eigenvalue weighted by molar-refractivity contribution is -0.385. The molecule has 0 bridgehead atoms. The average Bonchev–Trinajstić information content (AvgIpc) is 2.35. The van der Waals surface area contributed by atoms with Gasteiger partial charge >= 0.3 is 0 Å². The highest BCUT2D eigenvalue weighted by molar-refractivity contribution is 5.44. The largest absolute Gasteiger partial charge is 0.396 e. The fourth-order valence-electron chi connectivity index (χ4n) is 1.69. The van der Waals surface area contributed by atoms with Crippen LogP contribution in [0.4, 0.5) is 5.69 Å². The number of nitrogens with zero attached hydrogens (tertiary/aromatic N) is 1. The third-order valence-electron chi connectivity index (χ3n) is 3.37. The zero-order valence-corrected chi connectivity index (χ0v) is 11.0. The van der Waals surface area contributed by atoms with Crippen molar-refractivity contribution >= 4 is 5.69 Å². The molecule has 0 spiro atoms. The second-order valence-electron chi connectivity index (χ2n) is 4.65. The van der Waals surface area contributed by atoms with Gasteiger partial charge in [0.1, 0.15) is 0 Å². The quantitative estimate of drug-likeness (QED) is 0.600. The van der Waals surface area contributed by atoms with Crippen LogP contribution in [0.3, 0.4) is 0 Å². The summed E-state index contributed by atoms with van der Waals surface area (Å²) in [7, 11) is 0. The number of nitro benzene ring substituents is 1. The number of nitro groups is 1. The molecule has 1 aromatic rings. The summed E-state index contributed by atoms with van der Waals surface area (Å²) in [4.78, 5) is 10.5.